The fourth-order valence-corrected chi connectivity index (χ4v) is 4.18. The lowest BCUT2D eigenvalue weighted by Gasteiger charge is -2.11. The lowest BCUT2D eigenvalue weighted by Crippen LogP contribution is -2.30. The lowest BCUT2D eigenvalue weighted by molar-refractivity contribution is 0.990. The summed E-state index contributed by atoms with van der Waals surface area (Å²) in [7, 11) is 3.64. The van der Waals surface area contributed by atoms with Gasteiger partial charge in [-0.2, -0.15) is 0 Å². The molecule has 4 N–H and O–H groups in total. The van der Waals surface area contributed by atoms with E-state index in [9.17, 15) is 0 Å². The third kappa shape index (κ3) is 9.28. The van der Waals surface area contributed by atoms with Crippen LogP contribution in [0.1, 0.15) is 0 Å². The number of anilines is 2. The van der Waals surface area contributed by atoms with Crippen molar-refractivity contribution in [3.8, 4) is 0 Å². The summed E-state index contributed by atoms with van der Waals surface area (Å²) in [6.07, 6.45) is 0. The molecule has 0 spiro atoms. The highest BCUT2D eigenvalue weighted by atomic mass is 33.1. The quantitative estimate of drug-likeness (QED) is 0.270. The van der Waals surface area contributed by atoms with Crippen molar-refractivity contribution in [2.75, 3.05) is 35.2 Å². The van der Waals surface area contributed by atoms with Gasteiger partial charge in [0, 0.05) is 36.0 Å². The van der Waals surface area contributed by atoms with Gasteiger partial charge in [-0.3, -0.25) is 0 Å². The number of thiocarbonyl (C=S) groups is 2. The van der Waals surface area contributed by atoms with E-state index in [4.69, 9.17) is 24.4 Å². The summed E-state index contributed by atoms with van der Waals surface area (Å²) in [6, 6.07) is 19.8. The van der Waals surface area contributed by atoms with Crippen LogP contribution in [-0.2, 0) is 0 Å². The van der Waals surface area contributed by atoms with Crippen molar-refractivity contribution in [1.82, 2.24) is 10.6 Å². The normalized spacial score (nSPS) is 10.0. The van der Waals surface area contributed by atoms with Crippen molar-refractivity contribution in [3.05, 3.63) is 60.7 Å². The van der Waals surface area contributed by atoms with E-state index in [0.717, 1.165) is 36.0 Å². The van der Waals surface area contributed by atoms with Gasteiger partial charge in [-0.25, -0.2) is 0 Å². The maximum atomic E-state index is 5.27. The van der Waals surface area contributed by atoms with Crippen LogP contribution in [0.15, 0.2) is 60.7 Å². The maximum Gasteiger partial charge on any atom is 0.170 e. The van der Waals surface area contributed by atoms with Crippen molar-refractivity contribution in [2.24, 2.45) is 0 Å². The van der Waals surface area contributed by atoms with Crippen LogP contribution >= 0.6 is 46.0 Å². The van der Waals surface area contributed by atoms with Crippen LogP contribution in [0.25, 0.3) is 0 Å². The predicted molar refractivity (Wildman–Crippen MR) is 126 cm³/mol. The first-order chi connectivity index (χ1) is 12.7. The van der Waals surface area contributed by atoms with E-state index in [-0.39, 0.29) is 0 Å². The molecule has 0 radical (unpaired) electrons. The van der Waals surface area contributed by atoms with E-state index >= 15 is 0 Å². The van der Waals surface area contributed by atoms with Crippen LogP contribution in [0.3, 0.4) is 0 Å². The molecule has 0 saturated carbocycles. The summed E-state index contributed by atoms with van der Waals surface area (Å²) in [6.45, 7) is 1.66. The highest BCUT2D eigenvalue weighted by molar-refractivity contribution is 8.76. The molecule has 8 heteroatoms. The summed E-state index contributed by atoms with van der Waals surface area (Å²) in [4.78, 5) is 0. The van der Waals surface area contributed by atoms with Crippen LogP contribution < -0.4 is 21.3 Å². The van der Waals surface area contributed by atoms with Gasteiger partial charge in [0.05, 0.1) is 0 Å². The topological polar surface area (TPSA) is 48.1 Å². The molecule has 2 aromatic rings. The molecule has 0 bridgehead atoms. The first-order valence-corrected chi connectivity index (χ1v) is 11.5. The second kappa shape index (κ2) is 12.8. The number of rotatable bonds is 9. The van der Waals surface area contributed by atoms with Gasteiger partial charge in [0.15, 0.2) is 10.2 Å². The van der Waals surface area contributed by atoms with Crippen molar-refractivity contribution < 1.29 is 0 Å². The molecule has 0 amide bonds. The molecule has 138 valence electrons. The Morgan fingerprint density at radius 3 is 1.42 bits per heavy atom. The standard InChI is InChI=1S/C18H22N4S4/c23-17(21-15-7-3-1-4-8-15)19-11-13-25-26-14-12-20-18(24)22-16-9-5-2-6-10-16/h1-10H,11-14H2,(H2,19,21,23)(H2,20,22,24). The fraction of sp³-hybridized carbons (Fsp3) is 0.222. The molecular formula is C18H22N4S4. The number of nitrogens with one attached hydrogen (secondary N) is 4. The number of benzene rings is 2. The van der Waals surface area contributed by atoms with Gasteiger partial charge in [-0.05, 0) is 48.7 Å². The molecule has 0 aliphatic heterocycles. The largest absolute Gasteiger partial charge is 0.362 e. The number of para-hydroxylation sites is 2. The predicted octanol–water partition coefficient (Wildman–Crippen LogP) is 4.34. The van der Waals surface area contributed by atoms with Crippen molar-refractivity contribution >= 4 is 67.6 Å². The summed E-state index contributed by atoms with van der Waals surface area (Å²) in [5.41, 5.74) is 2.00. The zero-order chi connectivity index (χ0) is 18.5. The summed E-state index contributed by atoms with van der Waals surface area (Å²) in [5, 5.41) is 14.0. The Balaban J connectivity index is 1.43. The van der Waals surface area contributed by atoms with Crippen LogP contribution in [0.5, 0.6) is 0 Å². The zero-order valence-corrected chi connectivity index (χ0v) is 17.5. The van der Waals surface area contributed by atoms with Crippen molar-refractivity contribution in [2.45, 2.75) is 0 Å². The molecule has 0 unspecified atom stereocenters. The first kappa shape index (κ1) is 20.8. The minimum atomic E-state index is 0.654. The smallest absolute Gasteiger partial charge is 0.170 e. The molecule has 0 aromatic heterocycles. The third-order valence-electron chi connectivity index (χ3n) is 3.09. The fourth-order valence-electron chi connectivity index (χ4n) is 1.92. The van der Waals surface area contributed by atoms with Gasteiger partial charge < -0.3 is 21.3 Å². The highest BCUT2D eigenvalue weighted by Gasteiger charge is 1.98. The van der Waals surface area contributed by atoms with Crippen molar-refractivity contribution in [1.29, 1.82) is 0 Å². The minimum absolute atomic E-state index is 0.654. The second-order valence-electron chi connectivity index (χ2n) is 5.14. The number of hydrogen-bond donors (Lipinski definition) is 4. The van der Waals surface area contributed by atoms with E-state index in [2.05, 4.69) is 21.3 Å². The molecule has 0 heterocycles. The van der Waals surface area contributed by atoms with E-state index in [1.807, 2.05) is 82.3 Å². The Morgan fingerprint density at radius 1 is 0.654 bits per heavy atom. The molecule has 0 fully saturated rings. The van der Waals surface area contributed by atoms with Crippen LogP contribution in [0.2, 0.25) is 0 Å². The van der Waals surface area contributed by atoms with Gasteiger partial charge in [0.2, 0.25) is 0 Å². The summed E-state index contributed by atoms with van der Waals surface area (Å²) in [5.74, 6) is 1.96. The third-order valence-corrected chi connectivity index (χ3v) is 5.99. The van der Waals surface area contributed by atoms with Gasteiger partial charge in [-0.15, -0.1) is 0 Å². The van der Waals surface area contributed by atoms with E-state index in [1.165, 1.54) is 0 Å². The van der Waals surface area contributed by atoms with Gasteiger partial charge in [0.1, 0.15) is 0 Å². The molecule has 0 atom stereocenters. The van der Waals surface area contributed by atoms with Crippen LogP contribution in [0, 0.1) is 0 Å². The lowest BCUT2D eigenvalue weighted by atomic mass is 10.3. The Kier molecular flexibility index (Phi) is 10.3. The number of hydrogen-bond acceptors (Lipinski definition) is 4. The van der Waals surface area contributed by atoms with E-state index in [1.54, 1.807) is 0 Å². The van der Waals surface area contributed by atoms with Gasteiger partial charge in [-0.1, -0.05) is 58.0 Å². The maximum absolute atomic E-state index is 5.27. The molecule has 2 rings (SSSR count). The zero-order valence-electron chi connectivity index (χ0n) is 14.2. The molecule has 4 nitrogen and oxygen atoms in total. The van der Waals surface area contributed by atoms with Crippen molar-refractivity contribution in [3.63, 3.8) is 0 Å². The SMILES string of the molecule is S=C(NCCSSCCNC(=S)Nc1ccccc1)Nc1ccccc1. The van der Waals surface area contributed by atoms with Gasteiger partial charge in [0.25, 0.3) is 0 Å². The highest BCUT2D eigenvalue weighted by Crippen LogP contribution is 2.19. The van der Waals surface area contributed by atoms with E-state index < -0.39 is 0 Å². The van der Waals surface area contributed by atoms with Crippen LogP contribution in [-0.4, -0.2) is 34.8 Å². The second-order valence-corrected chi connectivity index (χ2v) is 8.66. The molecule has 0 aliphatic rings. The molecule has 0 saturated heterocycles. The molecule has 2 aromatic carbocycles. The van der Waals surface area contributed by atoms with E-state index in [0.29, 0.717) is 10.2 Å². The summed E-state index contributed by atoms with van der Waals surface area (Å²) < 4.78 is 0. The average molecular weight is 423 g/mol. The Morgan fingerprint density at radius 2 is 1.04 bits per heavy atom. The molecule has 0 aliphatic carbocycles. The van der Waals surface area contributed by atoms with Gasteiger partial charge >= 0.3 is 0 Å². The summed E-state index contributed by atoms with van der Waals surface area (Å²) >= 11 is 10.5. The molecule has 26 heavy (non-hydrogen) atoms. The Labute approximate surface area is 173 Å². The Bertz CT molecular complexity index is 608. The van der Waals surface area contributed by atoms with Crippen LogP contribution in [0.4, 0.5) is 11.4 Å². The Hall–Kier alpha value is -1.48. The molecular weight excluding hydrogens is 400 g/mol. The minimum Gasteiger partial charge on any atom is -0.362 e. The first-order valence-electron chi connectivity index (χ1n) is 8.18. The average Bonchev–Trinajstić information content (AvgIpc) is 2.65. The monoisotopic (exact) mass is 422 g/mol.